The molecule has 2 N–H and O–H groups in total. The Morgan fingerprint density at radius 2 is 1.92 bits per heavy atom. The van der Waals surface area contributed by atoms with Crippen molar-refractivity contribution in [3.8, 4) is 0 Å². The minimum absolute atomic E-state index is 0.0777. The minimum atomic E-state index is -1.26. The SMILES string of the molecule is CC1(c2ccc3ccccc3c2)NC(=O)N(CC(=O)N2Cc3cccnc3N3C[C@H](O)C[C@H]3C2)C1=O. The molecule has 4 amide bonds. The number of amides is 4. The zero-order valence-corrected chi connectivity index (χ0v) is 19.9. The van der Waals surface area contributed by atoms with Crippen molar-refractivity contribution in [2.45, 2.75) is 37.6 Å². The van der Waals surface area contributed by atoms with Crippen LogP contribution in [0.5, 0.6) is 0 Å². The van der Waals surface area contributed by atoms with E-state index in [9.17, 15) is 19.5 Å². The van der Waals surface area contributed by atoms with Gasteiger partial charge in [-0.3, -0.25) is 14.5 Å². The van der Waals surface area contributed by atoms with Crippen molar-refractivity contribution in [1.29, 1.82) is 0 Å². The van der Waals surface area contributed by atoms with Crippen molar-refractivity contribution in [3.63, 3.8) is 0 Å². The molecule has 6 rings (SSSR count). The van der Waals surface area contributed by atoms with Gasteiger partial charge in [0.15, 0.2) is 0 Å². The number of aromatic nitrogens is 1. The van der Waals surface area contributed by atoms with Crippen LogP contribution in [0.4, 0.5) is 10.6 Å². The molecule has 2 fully saturated rings. The lowest BCUT2D eigenvalue weighted by Gasteiger charge is -2.27. The van der Waals surface area contributed by atoms with Gasteiger partial charge in [0, 0.05) is 31.4 Å². The molecule has 9 heteroatoms. The van der Waals surface area contributed by atoms with Crippen LogP contribution in [0, 0.1) is 0 Å². The maximum absolute atomic E-state index is 13.5. The molecule has 3 aromatic rings. The van der Waals surface area contributed by atoms with Gasteiger partial charge in [-0.2, -0.15) is 0 Å². The smallest absolute Gasteiger partial charge is 0.325 e. The lowest BCUT2D eigenvalue weighted by molar-refractivity contribution is -0.139. The Labute approximate surface area is 208 Å². The number of nitrogens with zero attached hydrogens (tertiary/aromatic N) is 4. The number of hydrogen-bond donors (Lipinski definition) is 2. The van der Waals surface area contributed by atoms with Gasteiger partial charge >= 0.3 is 6.03 Å². The summed E-state index contributed by atoms with van der Waals surface area (Å²) >= 11 is 0. The van der Waals surface area contributed by atoms with Gasteiger partial charge in [-0.1, -0.05) is 42.5 Å². The molecule has 36 heavy (non-hydrogen) atoms. The monoisotopic (exact) mass is 485 g/mol. The van der Waals surface area contributed by atoms with Gasteiger partial charge in [0.2, 0.25) is 5.91 Å². The summed E-state index contributed by atoms with van der Waals surface area (Å²) < 4.78 is 0. The van der Waals surface area contributed by atoms with E-state index in [2.05, 4.69) is 15.2 Å². The van der Waals surface area contributed by atoms with Crippen molar-refractivity contribution in [2.75, 3.05) is 24.5 Å². The summed E-state index contributed by atoms with van der Waals surface area (Å²) in [7, 11) is 0. The maximum Gasteiger partial charge on any atom is 0.325 e. The number of aliphatic hydroxyl groups is 1. The molecule has 0 saturated carbocycles. The highest BCUT2D eigenvalue weighted by Gasteiger charge is 2.50. The highest BCUT2D eigenvalue weighted by molar-refractivity contribution is 6.09. The lowest BCUT2D eigenvalue weighted by Crippen LogP contribution is -2.46. The summed E-state index contributed by atoms with van der Waals surface area (Å²) in [6, 6.07) is 16.6. The molecule has 4 heterocycles. The number of aliphatic hydroxyl groups excluding tert-OH is 1. The Kier molecular flexibility index (Phi) is 5.19. The molecule has 3 atom stereocenters. The van der Waals surface area contributed by atoms with E-state index in [1.165, 1.54) is 0 Å². The number of imide groups is 1. The second-order valence-corrected chi connectivity index (χ2v) is 9.96. The first-order chi connectivity index (χ1) is 17.3. The number of carbonyl (C=O) groups is 3. The third-order valence-corrected chi connectivity index (χ3v) is 7.57. The first kappa shape index (κ1) is 22.5. The first-order valence-electron chi connectivity index (χ1n) is 12.1. The van der Waals surface area contributed by atoms with E-state index < -0.39 is 23.6 Å². The molecule has 1 unspecified atom stereocenters. The number of fused-ring (bicyclic) bond motifs is 4. The fourth-order valence-electron chi connectivity index (χ4n) is 5.62. The van der Waals surface area contributed by atoms with Crippen molar-refractivity contribution < 1.29 is 19.5 Å². The Morgan fingerprint density at radius 1 is 1.11 bits per heavy atom. The highest BCUT2D eigenvalue weighted by Crippen LogP contribution is 2.33. The first-order valence-corrected chi connectivity index (χ1v) is 12.1. The predicted octanol–water partition coefficient (Wildman–Crippen LogP) is 1.98. The predicted molar refractivity (Wildman–Crippen MR) is 133 cm³/mol. The van der Waals surface area contributed by atoms with Gasteiger partial charge in [-0.25, -0.2) is 9.78 Å². The Morgan fingerprint density at radius 3 is 2.75 bits per heavy atom. The molecule has 0 aliphatic carbocycles. The van der Waals surface area contributed by atoms with E-state index in [4.69, 9.17) is 0 Å². The number of carbonyl (C=O) groups excluding carboxylic acids is 3. The van der Waals surface area contributed by atoms with E-state index in [1.807, 2.05) is 54.6 Å². The average molecular weight is 486 g/mol. The summed E-state index contributed by atoms with van der Waals surface area (Å²) in [6.45, 7) is 2.51. The number of pyridine rings is 1. The van der Waals surface area contributed by atoms with Crippen molar-refractivity contribution in [1.82, 2.24) is 20.1 Å². The van der Waals surface area contributed by atoms with E-state index in [-0.39, 0.29) is 18.5 Å². The Balaban J connectivity index is 1.24. The third-order valence-electron chi connectivity index (χ3n) is 7.57. The zero-order valence-electron chi connectivity index (χ0n) is 19.9. The number of urea groups is 1. The molecule has 2 aromatic carbocycles. The van der Waals surface area contributed by atoms with Gasteiger partial charge < -0.3 is 20.2 Å². The van der Waals surface area contributed by atoms with Crippen molar-refractivity contribution in [3.05, 3.63) is 71.9 Å². The summed E-state index contributed by atoms with van der Waals surface area (Å²) in [6.07, 6.45) is 1.75. The van der Waals surface area contributed by atoms with Crippen LogP contribution < -0.4 is 10.2 Å². The molecule has 184 valence electrons. The standard InChI is InChI=1S/C27H27N5O4/c1-27(20-9-8-17-5-2-3-6-18(17)11-20)25(35)32(26(36)29-27)16-23(34)30-13-19-7-4-10-28-24(19)31-15-22(33)12-21(31)14-30/h2-11,21-22,33H,12-16H2,1H3,(H,29,36)/t21-,22+,27?/m0/s1. The van der Waals surface area contributed by atoms with Crippen LogP contribution in [0.15, 0.2) is 60.8 Å². The van der Waals surface area contributed by atoms with Gasteiger partial charge in [0.25, 0.3) is 5.91 Å². The molecule has 3 aliphatic rings. The molecule has 0 bridgehead atoms. The molecule has 1 aromatic heterocycles. The van der Waals surface area contributed by atoms with Crippen molar-refractivity contribution in [2.24, 2.45) is 0 Å². The fraction of sp³-hybridized carbons (Fsp3) is 0.333. The van der Waals surface area contributed by atoms with Gasteiger partial charge in [0.1, 0.15) is 17.9 Å². The number of anilines is 1. The van der Waals surface area contributed by atoms with Crippen LogP contribution in [0.1, 0.15) is 24.5 Å². The fourth-order valence-corrected chi connectivity index (χ4v) is 5.62. The van der Waals surface area contributed by atoms with Crippen LogP contribution in [0.2, 0.25) is 0 Å². The normalized spacial score (nSPS) is 25.6. The number of nitrogens with one attached hydrogen (secondary N) is 1. The molecular weight excluding hydrogens is 458 g/mol. The quantitative estimate of drug-likeness (QED) is 0.550. The summed E-state index contributed by atoms with van der Waals surface area (Å²) in [5.41, 5.74) is 0.281. The van der Waals surface area contributed by atoms with E-state index in [0.717, 1.165) is 27.1 Å². The molecule has 2 saturated heterocycles. The minimum Gasteiger partial charge on any atom is -0.391 e. The number of rotatable bonds is 3. The summed E-state index contributed by atoms with van der Waals surface area (Å²) in [5.74, 6) is -0.00143. The highest BCUT2D eigenvalue weighted by atomic mass is 16.3. The topological polar surface area (TPSA) is 106 Å². The molecule has 9 nitrogen and oxygen atoms in total. The van der Waals surface area contributed by atoms with Crippen LogP contribution in [0.25, 0.3) is 10.8 Å². The number of benzene rings is 2. The van der Waals surface area contributed by atoms with Crippen LogP contribution in [-0.2, 0) is 21.7 Å². The second-order valence-electron chi connectivity index (χ2n) is 9.96. The van der Waals surface area contributed by atoms with E-state index in [1.54, 1.807) is 18.0 Å². The molecule has 3 aliphatic heterocycles. The van der Waals surface area contributed by atoms with E-state index >= 15 is 0 Å². The average Bonchev–Trinajstić information content (AvgIpc) is 3.29. The van der Waals surface area contributed by atoms with E-state index in [0.29, 0.717) is 31.6 Å². The maximum atomic E-state index is 13.5. The van der Waals surface area contributed by atoms with Gasteiger partial charge in [0.05, 0.1) is 12.1 Å². The Bertz CT molecular complexity index is 1390. The number of hydrogen-bond acceptors (Lipinski definition) is 6. The lowest BCUT2D eigenvalue weighted by atomic mass is 9.90. The third kappa shape index (κ3) is 3.58. The molecular formula is C27H27N5O4. The zero-order chi connectivity index (χ0) is 25.0. The summed E-state index contributed by atoms with van der Waals surface area (Å²) in [5, 5.41) is 15.1. The largest absolute Gasteiger partial charge is 0.391 e. The van der Waals surface area contributed by atoms with Gasteiger partial charge in [-0.05, 0) is 41.8 Å². The van der Waals surface area contributed by atoms with Crippen LogP contribution in [0.3, 0.4) is 0 Å². The van der Waals surface area contributed by atoms with Gasteiger partial charge in [-0.15, -0.1) is 0 Å². The van der Waals surface area contributed by atoms with Crippen LogP contribution in [-0.4, -0.2) is 69.5 Å². The Hall–Kier alpha value is -3.98. The molecule has 0 spiro atoms. The molecule has 0 radical (unpaired) electrons. The van der Waals surface area contributed by atoms with Crippen LogP contribution >= 0.6 is 0 Å². The second kappa shape index (κ2) is 8.30. The summed E-state index contributed by atoms with van der Waals surface area (Å²) in [4.78, 5) is 49.1. The van der Waals surface area contributed by atoms with Crippen molar-refractivity contribution >= 4 is 34.4 Å².